The third kappa shape index (κ3) is 3.45. The number of nitrogens with one attached hydrogen (secondary N) is 1. The number of hydrogen-bond donors (Lipinski definition) is 1. The van der Waals surface area contributed by atoms with Crippen LogP contribution in [0.15, 0.2) is 53.6 Å². The molecule has 0 bridgehead atoms. The fourth-order valence-electron chi connectivity index (χ4n) is 2.89. The summed E-state index contributed by atoms with van der Waals surface area (Å²) in [7, 11) is 0. The minimum Gasteiger partial charge on any atom is -0.324 e. The Bertz CT molecular complexity index is 990. The highest BCUT2D eigenvalue weighted by Crippen LogP contribution is 2.27. The molecule has 0 atom stereocenters. The maximum absolute atomic E-state index is 12.5. The molecule has 5 heteroatoms. The van der Waals surface area contributed by atoms with Gasteiger partial charge in [0, 0.05) is 5.69 Å². The third-order valence-electron chi connectivity index (χ3n) is 4.24. The molecule has 0 saturated carbocycles. The van der Waals surface area contributed by atoms with E-state index in [1.54, 1.807) is 18.2 Å². The van der Waals surface area contributed by atoms with E-state index in [0.29, 0.717) is 16.8 Å². The van der Waals surface area contributed by atoms with Crippen molar-refractivity contribution in [2.24, 2.45) is 0 Å². The SMILES string of the molecule is Cc1cccc(C(C)C)c1NC(=O)Cn1cnc2ccccc2c1=O. The van der Waals surface area contributed by atoms with Crippen LogP contribution in [-0.2, 0) is 11.3 Å². The van der Waals surface area contributed by atoms with E-state index in [0.717, 1.165) is 16.8 Å². The van der Waals surface area contributed by atoms with Crippen molar-refractivity contribution in [1.82, 2.24) is 9.55 Å². The predicted molar refractivity (Wildman–Crippen MR) is 99.9 cm³/mol. The van der Waals surface area contributed by atoms with Crippen molar-refractivity contribution in [3.05, 3.63) is 70.3 Å². The van der Waals surface area contributed by atoms with Crippen LogP contribution in [0.4, 0.5) is 5.69 Å². The molecule has 2 aromatic carbocycles. The number of para-hydroxylation sites is 2. The monoisotopic (exact) mass is 335 g/mol. The zero-order valence-electron chi connectivity index (χ0n) is 14.6. The van der Waals surface area contributed by atoms with E-state index in [2.05, 4.69) is 24.1 Å². The summed E-state index contributed by atoms with van der Waals surface area (Å²) in [5.74, 6) is 0.0515. The van der Waals surface area contributed by atoms with Gasteiger partial charge in [-0.3, -0.25) is 14.2 Å². The number of carbonyl (C=O) groups is 1. The molecular weight excluding hydrogens is 314 g/mol. The third-order valence-corrected chi connectivity index (χ3v) is 4.24. The molecule has 25 heavy (non-hydrogen) atoms. The summed E-state index contributed by atoms with van der Waals surface area (Å²) in [5.41, 5.74) is 3.32. The predicted octanol–water partition coefficient (Wildman–Crippen LogP) is 3.47. The molecule has 0 aliphatic carbocycles. The van der Waals surface area contributed by atoms with Gasteiger partial charge in [-0.15, -0.1) is 0 Å². The number of aryl methyl sites for hydroxylation is 1. The number of fused-ring (bicyclic) bond motifs is 1. The Morgan fingerprint density at radius 1 is 1.16 bits per heavy atom. The molecule has 0 aliphatic heterocycles. The van der Waals surface area contributed by atoms with E-state index in [4.69, 9.17) is 0 Å². The number of anilines is 1. The van der Waals surface area contributed by atoms with Gasteiger partial charge in [0.1, 0.15) is 6.54 Å². The highest BCUT2D eigenvalue weighted by Gasteiger charge is 2.13. The van der Waals surface area contributed by atoms with Crippen molar-refractivity contribution >= 4 is 22.5 Å². The standard InChI is InChI=1S/C20H21N3O2/c1-13(2)15-9-6-7-14(3)19(15)22-18(24)11-23-12-21-17-10-5-4-8-16(17)20(23)25/h4-10,12-13H,11H2,1-3H3,(H,22,24). The summed E-state index contributed by atoms with van der Waals surface area (Å²) in [4.78, 5) is 29.2. The molecule has 1 amide bonds. The van der Waals surface area contributed by atoms with Crippen molar-refractivity contribution in [2.75, 3.05) is 5.32 Å². The number of nitrogens with zero attached hydrogens (tertiary/aromatic N) is 2. The lowest BCUT2D eigenvalue weighted by Crippen LogP contribution is -2.28. The first-order valence-corrected chi connectivity index (χ1v) is 8.31. The van der Waals surface area contributed by atoms with Crippen LogP contribution in [0.3, 0.4) is 0 Å². The molecule has 0 radical (unpaired) electrons. The van der Waals surface area contributed by atoms with Crippen molar-refractivity contribution in [3.63, 3.8) is 0 Å². The van der Waals surface area contributed by atoms with E-state index in [9.17, 15) is 9.59 Å². The summed E-state index contributed by atoms with van der Waals surface area (Å²) in [6, 6.07) is 13.1. The van der Waals surface area contributed by atoms with Gasteiger partial charge in [0.15, 0.2) is 0 Å². The van der Waals surface area contributed by atoms with Crippen LogP contribution in [-0.4, -0.2) is 15.5 Å². The molecule has 0 unspecified atom stereocenters. The van der Waals surface area contributed by atoms with Crippen LogP contribution in [0.2, 0.25) is 0 Å². The van der Waals surface area contributed by atoms with Crippen molar-refractivity contribution in [3.8, 4) is 0 Å². The van der Waals surface area contributed by atoms with Gasteiger partial charge in [-0.05, 0) is 36.1 Å². The number of amides is 1. The molecule has 0 spiro atoms. The van der Waals surface area contributed by atoms with E-state index in [-0.39, 0.29) is 18.0 Å². The van der Waals surface area contributed by atoms with Crippen LogP contribution in [0.25, 0.3) is 10.9 Å². The molecule has 1 N–H and O–H groups in total. The highest BCUT2D eigenvalue weighted by molar-refractivity contribution is 5.92. The lowest BCUT2D eigenvalue weighted by molar-refractivity contribution is -0.116. The molecular formula is C20H21N3O2. The highest BCUT2D eigenvalue weighted by atomic mass is 16.2. The molecule has 3 aromatic rings. The van der Waals surface area contributed by atoms with Gasteiger partial charge < -0.3 is 5.32 Å². The molecule has 1 heterocycles. The first-order chi connectivity index (χ1) is 12.0. The molecule has 0 aliphatic rings. The largest absolute Gasteiger partial charge is 0.324 e. The number of carbonyl (C=O) groups excluding carboxylic acids is 1. The minimum absolute atomic E-state index is 0.0669. The van der Waals surface area contributed by atoms with Crippen LogP contribution < -0.4 is 10.9 Å². The first-order valence-electron chi connectivity index (χ1n) is 8.31. The topological polar surface area (TPSA) is 64.0 Å². The van der Waals surface area contributed by atoms with Crippen molar-refractivity contribution in [2.45, 2.75) is 33.2 Å². The summed E-state index contributed by atoms with van der Waals surface area (Å²) < 4.78 is 1.34. The Hall–Kier alpha value is -2.95. The lowest BCUT2D eigenvalue weighted by Gasteiger charge is -2.16. The van der Waals surface area contributed by atoms with Gasteiger partial charge in [-0.2, -0.15) is 0 Å². The summed E-state index contributed by atoms with van der Waals surface area (Å²) in [6.45, 7) is 6.07. The zero-order chi connectivity index (χ0) is 18.0. The fraction of sp³-hybridized carbons (Fsp3) is 0.250. The number of aromatic nitrogens is 2. The average Bonchev–Trinajstić information content (AvgIpc) is 2.59. The van der Waals surface area contributed by atoms with Crippen LogP contribution in [0.1, 0.15) is 30.9 Å². The van der Waals surface area contributed by atoms with E-state index < -0.39 is 0 Å². The zero-order valence-corrected chi connectivity index (χ0v) is 14.6. The molecule has 128 valence electrons. The van der Waals surface area contributed by atoms with Crippen molar-refractivity contribution < 1.29 is 4.79 Å². The Morgan fingerprint density at radius 2 is 1.92 bits per heavy atom. The normalized spacial score (nSPS) is 11.0. The first kappa shape index (κ1) is 16.9. The minimum atomic E-state index is -0.240. The molecule has 0 saturated heterocycles. The van der Waals surface area contributed by atoms with Crippen LogP contribution in [0.5, 0.6) is 0 Å². The number of benzene rings is 2. The van der Waals surface area contributed by atoms with Crippen LogP contribution in [0, 0.1) is 6.92 Å². The van der Waals surface area contributed by atoms with E-state index in [1.807, 2.05) is 31.2 Å². The van der Waals surface area contributed by atoms with E-state index >= 15 is 0 Å². The molecule has 0 fully saturated rings. The summed E-state index contributed by atoms with van der Waals surface area (Å²) in [6.07, 6.45) is 1.42. The maximum atomic E-state index is 12.5. The van der Waals surface area contributed by atoms with Crippen molar-refractivity contribution in [1.29, 1.82) is 0 Å². The second-order valence-electron chi connectivity index (χ2n) is 6.44. The molecule has 1 aromatic heterocycles. The quantitative estimate of drug-likeness (QED) is 0.794. The van der Waals surface area contributed by atoms with Crippen LogP contribution >= 0.6 is 0 Å². The Balaban J connectivity index is 1.87. The van der Waals surface area contributed by atoms with Gasteiger partial charge >= 0.3 is 0 Å². The summed E-state index contributed by atoms with van der Waals surface area (Å²) >= 11 is 0. The Labute approximate surface area is 146 Å². The van der Waals surface area contributed by atoms with Gasteiger partial charge in [-0.25, -0.2) is 4.98 Å². The van der Waals surface area contributed by atoms with Gasteiger partial charge in [0.2, 0.25) is 5.91 Å². The number of hydrogen-bond acceptors (Lipinski definition) is 3. The van der Waals surface area contributed by atoms with E-state index in [1.165, 1.54) is 10.9 Å². The average molecular weight is 335 g/mol. The fourth-order valence-corrected chi connectivity index (χ4v) is 2.89. The lowest BCUT2D eigenvalue weighted by atomic mass is 9.98. The Morgan fingerprint density at radius 3 is 2.68 bits per heavy atom. The molecule has 5 nitrogen and oxygen atoms in total. The smallest absolute Gasteiger partial charge is 0.261 e. The second-order valence-corrected chi connectivity index (χ2v) is 6.44. The number of rotatable bonds is 4. The Kier molecular flexibility index (Phi) is 4.65. The maximum Gasteiger partial charge on any atom is 0.261 e. The summed E-state index contributed by atoms with van der Waals surface area (Å²) in [5, 5.41) is 3.47. The second kappa shape index (κ2) is 6.89. The van der Waals surface area contributed by atoms with Gasteiger partial charge in [0.05, 0.1) is 17.2 Å². The molecule has 3 rings (SSSR count). The van der Waals surface area contributed by atoms with Gasteiger partial charge in [0.25, 0.3) is 5.56 Å². The van der Waals surface area contributed by atoms with Gasteiger partial charge in [-0.1, -0.05) is 44.2 Å².